The van der Waals surface area contributed by atoms with E-state index in [-0.39, 0.29) is 15.7 Å². The summed E-state index contributed by atoms with van der Waals surface area (Å²) in [7, 11) is -2.49. The third kappa shape index (κ3) is 2.90. The van der Waals surface area contributed by atoms with E-state index in [4.69, 9.17) is 23.2 Å². The molecule has 0 aliphatic carbocycles. The molecule has 1 saturated heterocycles. The number of hydrogen-bond acceptors (Lipinski definition) is 5. The minimum Gasteiger partial charge on any atom is -0.315 e. The van der Waals surface area contributed by atoms with E-state index in [2.05, 4.69) is 19.9 Å². The first-order valence-corrected chi connectivity index (χ1v) is 11.0. The molecule has 0 amide bonds. The molecule has 134 valence electrons. The molecule has 1 aliphatic rings. The second-order valence-electron chi connectivity index (χ2n) is 6.33. The van der Waals surface area contributed by atoms with Crippen molar-refractivity contribution in [1.29, 1.82) is 0 Å². The van der Waals surface area contributed by atoms with Crippen molar-refractivity contribution in [3.8, 4) is 11.3 Å². The molecule has 1 aliphatic heterocycles. The molecule has 0 spiro atoms. The third-order valence-electron chi connectivity index (χ3n) is 4.53. The van der Waals surface area contributed by atoms with Gasteiger partial charge in [-0.1, -0.05) is 23.2 Å². The van der Waals surface area contributed by atoms with Gasteiger partial charge in [0.2, 0.25) is 0 Å². The largest absolute Gasteiger partial charge is 0.315 e. The Morgan fingerprint density at radius 2 is 1.73 bits per heavy atom. The molecular formula is C17H14Cl2FN4OP. The van der Waals surface area contributed by atoms with Crippen LogP contribution in [0.15, 0.2) is 18.5 Å². The second kappa shape index (κ2) is 6.52. The third-order valence-corrected chi connectivity index (χ3v) is 8.49. The Kier molecular flexibility index (Phi) is 4.46. The molecule has 0 unspecified atom stereocenters. The first-order chi connectivity index (χ1) is 12.4. The Morgan fingerprint density at radius 3 is 2.38 bits per heavy atom. The maximum absolute atomic E-state index is 14.6. The fourth-order valence-corrected chi connectivity index (χ4v) is 6.16. The number of aryl methyl sites for hydroxylation is 1. The minimum absolute atomic E-state index is 0.0531. The van der Waals surface area contributed by atoms with E-state index in [1.807, 2.05) is 0 Å². The van der Waals surface area contributed by atoms with Crippen LogP contribution in [-0.4, -0.2) is 32.3 Å². The predicted octanol–water partition coefficient (Wildman–Crippen LogP) is 4.62. The number of nitrogens with zero attached hydrogens (tertiary/aromatic N) is 4. The lowest BCUT2D eigenvalue weighted by atomic mass is 10.2. The van der Waals surface area contributed by atoms with Gasteiger partial charge in [-0.15, -0.1) is 0 Å². The number of halogens is 3. The molecule has 0 radical (unpaired) electrons. The molecule has 26 heavy (non-hydrogen) atoms. The monoisotopic (exact) mass is 410 g/mol. The van der Waals surface area contributed by atoms with Gasteiger partial charge in [0.15, 0.2) is 18.5 Å². The summed E-state index contributed by atoms with van der Waals surface area (Å²) in [6, 6.07) is 1.26. The maximum Gasteiger partial charge on any atom is 0.188 e. The van der Waals surface area contributed by atoms with E-state index >= 15 is 0 Å². The first-order valence-electron chi connectivity index (χ1n) is 8.12. The van der Waals surface area contributed by atoms with Gasteiger partial charge < -0.3 is 4.57 Å². The quantitative estimate of drug-likeness (QED) is 0.576. The molecule has 4 rings (SSSR count). The van der Waals surface area contributed by atoms with Crippen LogP contribution in [0, 0.1) is 12.7 Å². The fraction of sp³-hybridized carbons (Fsp3) is 0.294. The smallest absolute Gasteiger partial charge is 0.188 e. The Balaban J connectivity index is 1.81. The first kappa shape index (κ1) is 17.8. The van der Waals surface area contributed by atoms with Crippen molar-refractivity contribution in [2.45, 2.75) is 19.8 Å². The molecule has 0 N–H and O–H groups in total. The number of pyridine rings is 2. The lowest BCUT2D eigenvalue weighted by molar-refractivity contribution is 0.583. The van der Waals surface area contributed by atoms with Crippen molar-refractivity contribution in [3.05, 3.63) is 40.0 Å². The van der Waals surface area contributed by atoms with Gasteiger partial charge in [0.1, 0.15) is 11.2 Å². The summed E-state index contributed by atoms with van der Waals surface area (Å²) in [5.41, 5.74) is 1.94. The zero-order valence-electron chi connectivity index (χ0n) is 13.8. The average Bonchev–Trinajstić information content (AvgIpc) is 3.08. The van der Waals surface area contributed by atoms with Crippen LogP contribution in [-0.2, 0) is 4.57 Å². The van der Waals surface area contributed by atoms with Gasteiger partial charge in [0, 0.05) is 36.3 Å². The topological polar surface area (TPSA) is 68.6 Å². The summed E-state index contributed by atoms with van der Waals surface area (Å²) in [4.78, 5) is 17.0. The van der Waals surface area contributed by atoms with Crippen LogP contribution >= 0.6 is 30.3 Å². The summed E-state index contributed by atoms with van der Waals surface area (Å²) >= 11 is 12.4. The van der Waals surface area contributed by atoms with E-state index in [0.717, 1.165) is 12.8 Å². The summed E-state index contributed by atoms with van der Waals surface area (Å²) in [6.45, 7) is 1.69. The Hall–Kier alpha value is -1.62. The van der Waals surface area contributed by atoms with Gasteiger partial charge in [-0.05, 0) is 19.8 Å². The Bertz CT molecular complexity index is 1060. The molecule has 0 bridgehead atoms. The normalized spacial score (nSPS) is 16.3. The van der Waals surface area contributed by atoms with E-state index < -0.39 is 13.0 Å². The van der Waals surface area contributed by atoms with Crippen LogP contribution in [0.5, 0.6) is 0 Å². The van der Waals surface area contributed by atoms with Crippen molar-refractivity contribution >= 4 is 46.9 Å². The van der Waals surface area contributed by atoms with Crippen LogP contribution in [0.2, 0.25) is 10.0 Å². The zero-order chi connectivity index (χ0) is 18.5. The van der Waals surface area contributed by atoms with Gasteiger partial charge in [-0.3, -0.25) is 0 Å². The van der Waals surface area contributed by atoms with Gasteiger partial charge in [-0.25, -0.2) is 24.3 Å². The zero-order valence-corrected chi connectivity index (χ0v) is 16.2. The molecule has 1 fully saturated rings. The number of rotatable bonds is 2. The molecule has 4 heterocycles. The summed E-state index contributed by atoms with van der Waals surface area (Å²) in [6.07, 6.45) is 6.02. The molecule has 3 aromatic heterocycles. The number of fused-ring (bicyclic) bond motifs is 1. The molecule has 0 saturated carbocycles. The van der Waals surface area contributed by atoms with Crippen molar-refractivity contribution in [1.82, 2.24) is 19.9 Å². The second-order valence-corrected chi connectivity index (χ2v) is 10.2. The average molecular weight is 411 g/mol. The Morgan fingerprint density at radius 1 is 1.08 bits per heavy atom. The molecule has 5 nitrogen and oxygen atoms in total. The van der Waals surface area contributed by atoms with Crippen molar-refractivity contribution < 1.29 is 8.96 Å². The van der Waals surface area contributed by atoms with Crippen molar-refractivity contribution in [2.75, 3.05) is 12.3 Å². The van der Waals surface area contributed by atoms with Gasteiger partial charge in [-0.2, -0.15) is 0 Å². The van der Waals surface area contributed by atoms with Crippen molar-refractivity contribution in [2.24, 2.45) is 0 Å². The van der Waals surface area contributed by atoms with Gasteiger partial charge >= 0.3 is 0 Å². The molecule has 9 heteroatoms. The fourth-order valence-electron chi connectivity index (χ4n) is 3.12. The number of hydrogen-bond donors (Lipinski definition) is 0. The summed E-state index contributed by atoms with van der Waals surface area (Å²) in [5.74, 6) is -0.563. The number of aromatic nitrogens is 4. The Labute approximate surface area is 159 Å². The predicted molar refractivity (Wildman–Crippen MR) is 101 cm³/mol. The maximum atomic E-state index is 14.6. The lowest BCUT2D eigenvalue weighted by Gasteiger charge is -2.10. The highest BCUT2D eigenvalue weighted by Crippen LogP contribution is 2.49. The molecule has 0 atom stereocenters. The molecular weight excluding hydrogens is 397 g/mol. The van der Waals surface area contributed by atoms with E-state index in [9.17, 15) is 8.96 Å². The van der Waals surface area contributed by atoms with Crippen LogP contribution in [0.25, 0.3) is 22.3 Å². The summed E-state index contributed by atoms with van der Waals surface area (Å²) < 4.78 is 27.3. The van der Waals surface area contributed by atoms with Crippen LogP contribution < -0.4 is 5.57 Å². The lowest BCUT2D eigenvalue weighted by Crippen LogP contribution is -2.15. The highest BCUT2D eigenvalue weighted by atomic mass is 35.5. The SMILES string of the molecule is Cc1nc2cc(F)c(-c3cnc(P4(=O)CCCC4)nc3)nc2c(Cl)c1Cl. The standard InChI is InChI=1S/C17H14Cl2FN4OP/c1-9-13(18)14(19)16-12(23-9)6-11(20)15(24-16)10-7-21-17(22-8-10)26(25)4-2-3-5-26/h6-8H,2-5H2,1H3. The molecule has 0 aromatic carbocycles. The van der Waals surface area contributed by atoms with E-state index in [1.165, 1.54) is 18.5 Å². The highest BCUT2D eigenvalue weighted by molar-refractivity contribution is 7.71. The van der Waals surface area contributed by atoms with E-state index in [1.54, 1.807) is 6.92 Å². The van der Waals surface area contributed by atoms with E-state index in [0.29, 0.717) is 40.2 Å². The van der Waals surface area contributed by atoms with Gasteiger partial charge in [0.25, 0.3) is 0 Å². The van der Waals surface area contributed by atoms with Crippen LogP contribution in [0.4, 0.5) is 4.39 Å². The highest BCUT2D eigenvalue weighted by Gasteiger charge is 2.31. The van der Waals surface area contributed by atoms with Crippen LogP contribution in [0.1, 0.15) is 18.5 Å². The minimum atomic E-state index is -2.49. The van der Waals surface area contributed by atoms with Crippen molar-refractivity contribution in [3.63, 3.8) is 0 Å². The molecule has 3 aromatic rings. The summed E-state index contributed by atoms with van der Waals surface area (Å²) in [5, 5.41) is 0.513. The van der Waals surface area contributed by atoms with Gasteiger partial charge in [0.05, 0.1) is 21.3 Å². The van der Waals surface area contributed by atoms with Crippen LogP contribution in [0.3, 0.4) is 0 Å².